The van der Waals surface area contributed by atoms with Gasteiger partial charge in [-0.3, -0.25) is 0 Å². The van der Waals surface area contributed by atoms with Crippen LogP contribution < -0.4 is 11.1 Å². The topological polar surface area (TPSA) is 64.3 Å². The van der Waals surface area contributed by atoms with Crippen LogP contribution in [0.15, 0.2) is 12.1 Å². The molecule has 1 amide bonds. The zero-order valence-corrected chi connectivity index (χ0v) is 11.5. The Morgan fingerprint density at radius 3 is 2.20 bits per heavy atom. The lowest BCUT2D eigenvalue weighted by molar-refractivity contribution is 0.0505. The molecule has 3 N–H and O–H groups in total. The van der Waals surface area contributed by atoms with Gasteiger partial charge in [0, 0.05) is 6.54 Å². The molecule has 0 saturated heterocycles. The molecular formula is C13H17F3N2O2. The predicted octanol–water partition coefficient (Wildman–Crippen LogP) is 2.63. The maximum absolute atomic E-state index is 13.1. The van der Waals surface area contributed by atoms with Gasteiger partial charge in [-0.15, -0.1) is 0 Å². The van der Waals surface area contributed by atoms with Crippen molar-refractivity contribution in [3.8, 4) is 0 Å². The molecule has 4 nitrogen and oxygen atoms in total. The van der Waals surface area contributed by atoms with Gasteiger partial charge in [-0.1, -0.05) is 0 Å². The summed E-state index contributed by atoms with van der Waals surface area (Å²) in [6.07, 6.45) is -0.780. The van der Waals surface area contributed by atoms with E-state index in [1.807, 2.05) is 0 Å². The van der Waals surface area contributed by atoms with E-state index in [4.69, 9.17) is 10.5 Å². The van der Waals surface area contributed by atoms with Crippen molar-refractivity contribution < 1.29 is 22.7 Å². The van der Waals surface area contributed by atoms with E-state index in [2.05, 4.69) is 5.32 Å². The van der Waals surface area contributed by atoms with Crippen LogP contribution in [0.2, 0.25) is 0 Å². The fourth-order valence-electron chi connectivity index (χ4n) is 1.50. The van der Waals surface area contributed by atoms with Crippen LogP contribution in [-0.4, -0.2) is 18.2 Å². The third-order valence-corrected chi connectivity index (χ3v) is 2.34. The zero-order valence-electron chi connectivity index (χ0n) is 11.5. The van der Waals surface area contributed by atoms with Gasteiger partial charge < -0.3 is 15.8 Å². The average molecular weight is 290 g/mol. The third-order valence-electron chi connectivity index (χ3n) is 2.34. The molecule has 1 aromatic carbocycles. The van der Waals surface area contributed by atoms with Crippen molar-refractivity contribution in [3.63, 3.8) is 0 Å². The first kappa shape index (κ1) is 16.3. The van der Waals surface area contributed by atoms with E-state index in [1.54, 1.807) is 20.8 Å². The highest BCUT2D eigenvalue weighted by molar-refractivity contribution is 5.68. The van der Waals surface area contributed by atoms with Crippen LogP contribution in [0.3, 0.4) is 0 Å². The molecule has 0 saturated carbocycles. The summed E-state index contributed by atoms with van der Waals surface area (Å²) in [5.41, 5.74) is 4.75. The lowest BCUT2D eigenvalue weighted by Gasteiger charge is -2.23. The molecule has 0 aliphatic rings. The number of nitrogens with two attached hydrogens (primary N) is 1. The summed E-state index contributed by atoms with van der Waals surface area (Å²) in [5.74, 6) is -4.25. The Hall–Kier alpha value is -1.76. The fourth-order valence-corrected chi connectivity index (χ4v) is 1.50. The van der Waals surface area contributed by atoms with Gasteiger partial charge >= 0.3 is 6.09 Å². The molecule has 0 aromatic heterocycles. The van der Waals surface area contributed by atoms with Gasteiger partial charge in [0.05, 0.1) is 6.04 Å². The number of hydrogen-bond donors (Lipinski definition) is 2. The third kappa shape index (κ3) is 4.41. The quantitative estimate of drug-likeness (QED) is 0.841. The van der Waals surface area contributed by atoms with Gasteiger partial charge in [-0.05, 0) is 38.5 Å². The largest absolute Gasteiger partial charge is 0.444 e. The minimum Gasteiger partial charge on any atom is -0.444 e. The van der Waals surface area contributed by atoms with E-state index in [9.17, 15) is 18.0 Å². The van der Waals surface area contributed by atoms with E-state index >= 15 is 0 Å². The molecule has 0 aliphatic heterocycles. The Kier molecular flexibility index (Phi) is 4.99. The van der Waals surface area contributed by atoms with Crippen LogP contribution in [0.5, 0.6) is 0 Å². The summed E-state index contributed by atoms with van der Waals surface area (Å²) in [5, 5.41) is 2.37. The van der Waals surface area contributed by atoms with E-state index in [1.165, 1.54) is 0 Å². The van der Waals surface area contributed by atoms with Gasteiger partial charge in [0.1, 0.15) is 5.60 Å². The SMILES string of the molecule is CC(C)(C)OC(=O)NC(CN)c1cc(F)c(F)c(F)c1. The monoisotopic (exact) mass is 290 g/mol. The Morgan fingerprint density at radius 2 is 1.80 bits per heavy atom. The Balaban J connectivity index is 2.89. The van der Waals surface area contributed by atoms with Gasteiger partial charge in [-0.2, -0.15) is 0 Å². The smallest absolute Gasteiger partial charge is 0.408 e. The van der Waals surface area contributed by atoms with Crippen molar-refractivity contribution >= 4 is 6.09 Å². The molecule has 1 unspecified atom stereocenters. The molecule has 0 heterocycles. The highest BCUT2D eigenvalue weighted by atomic mass is 19.2. The number of hydrogen-bond acceptors (Lipinski definition) is 3. The molecule has 7 heteroatoms. The van der Waals surface area contributed by atoms with Gasteiger partial charge in [-0.25, -0.2) is 18.0 Å². The molecule has 0 fully saturated rings. The van der Waals surface area contributed by atoms with Crippen molar-refractivity contribution in [2.24, 2.45) is 5.73 Å². The van der Waals surface area contributed by atoms with E-state index in [0.717, 1.165) is 12.1 Å². The van der Waals surface area contributed by atoms with Crippen LogP contribution in [0.25, 0.3) is 0 Å². The summed E-state index contributed by atoms with van der Waals surface area (Å²) in [4.78, 5) is 11.6. The number of nitrogens with one attached hydrogen (secondary N) is 1. The minimum absolute atomic E-state index is 0.0229. The lowest BCUT2D eigenvalue weighted by atomic mass is 10.1. The molecule has 112 valence electrons. The Labute approximate surface area is 115 Å². The number of benzene rings is 1. The molecule has 1 aromatic rings. The standard InChI is InChI=1S/C13H17F3N2O2/c1-13(2,3)20-12(19)18-10(6-17)7-4-8(14)11(16)9(15)5-7/h4-5,10H,6,17H2,1-3H3,(H,18,19). The molecule has 0 spiro atoms. The van der Waals surface area contributed by atoms with E-state index in [0.29, 0.717) is 0 Å². The normalized spacial score (nSPS) is 12.9. The van der Waals surface area contributed by atoms with Crippen molar-refractivity contribution in [3.05, 3.63) is 35.1 Å². The van der Waals surface area contributed by atoms with Gasteiger partial charge in [0.25, 0.3) is 0 Å². The second kappa shape index (κ2) is 6.13. The van der Waals surface area contributed by atoms with Gasteiger partial charge in [0.2, 0.25) is 0 Å². The highest BCUT2D eigenvalue weighted by Gasteiger charge is 2.21. The maximum atomic E-state index is 13.1. The molecule has 0 bridgehead atoms. The molecule has 0 aliphatic carbocycles. The Morgan fingerprint density at radius 1 is 1.30 bits per heavy atom. The van der Waals surface area contributed by atoms with Crippen LogP contribution in [0.1, 0.15) is 32.4 Å². The molecular weight excluding hydrogens is 273 g/mol. The molecule has 20 heavy (non-hydrogen) atoms. The second-order valence-electron chi connectivity index (χ2n) is 5.23. The molecule has 1 rings (SSSR count). The number of alkyl carbamates (subject to hydrolysis) is 1. The van der Waals surface area contributed by atoms with Crippen LogP contribution >= 0.6 is 0 Å². The summed E-state index contributed by atoms with van der Waals surface area (Å²) in [6.45, 7) is 4.88. The molecule has 0 radical (unpaired) electrons. The number of ether oxygens (including phenoxy) is 1. The van der Waals surface area contributed by atoms with Crippen LogP contribution in [0, 0.1) is 17.5 Å². The van der Waals surface area contributed by atoms with Crippen molar-refractivity contribution in [2.45, 2.75) is 32.4 Å². The van der Waals surface area contributed by atoms with Gasteiger partial charge in [0.15, 0.2) is 17.5 Å². The number of amides is 1. The summed E-state index contributed by atoms with van der Waals surface area (Å²) in [6, 6.07) is 0.690. The van der Waals surface area contributed by atoms with Crippen LogP contribution in [0.4, 0.5) is 18.0 Å². The first-order valence-corrected chi connectivity index (χ1v) is 5.98. The second-order valence-corrected chi connectivity index (χ2v) is 5.23. The van der Waals surface area contributed by atoms with E-state index < -0.39 is 35.2 Å². The number of halogens is 3. The predicted molar refractivity (Wildman–Crippen MR) is 67.5 cm³/mol. The maximum Gasteiger partial charge on any atom is 0.408 e. The number of carbonyl (C=O) groups excluding carboxylic acids is 1. The molecule has 1 atom stereocenters. The van der Waals surface area contributed by atoms with Crippen LogP contribution in [-0.2, 0) is 4.74 Å². The summed E-state index contributed by atoms with van der Waals surface area (Å²) in [7, 11) is 0. The summed E-state index contributed by atoms with van der Waals surface area (Å²) >= 11 is 0. The van der Waals surface area contributed by atoms with Crippen molar-refractivity contribution in [2.75, 3.05) is 6.54 Å². The first-order chi connectivity index (χ1) is 9.14. The summed E-state index contributed by atoms with van der Waals surface area (Å²) < 4.78 is 44.2. The number of rotatable bonds is 3. The fraction of sp³-hybridized carbons (Fsp3) is 0.462. The Bertz CT molecular complexity index is 478. The van der Waals surface area contributed by atoms with Crippen molar-refractivity contribution in [1.29, 1.82) is 0 Å². The van der Waals surface area contributed by atoms with Crippen molar-refractivity contribution in [1.82, 2.24) is 5.32 Å². The zero-order chi connectivity index (χ0) is 15.5. The highest BCUT2D eigenvalue weighted by Crippen LogP contribution is 2.19. The lowest BCUT2D eigenvalue weighted by Crippen LogP contribution is -2.37. The first-order valence-electron chi connectivity index (χ1n) is 5.98. The average Bonchev–Trinajstić information content (AvgIpc) is 2.30. The van der Waals surface area contributed by atoms with E-state index in [-0.39, 0.29) is 12.1 Å². The minimum atomic E-state index is -1.57. The number of carbonyl (C=O) groups is 1.